The second-order valence-electron chi connectivity index (χ2n) is 8.14. The minimum absolute atomic E-state index is 0.0441. The molecule has 0 spiro atoms. The minimum atomic E-state index is -3.51. The molecule has 5 nitrogen and oxygen atoms in total. The second kappa shape index (κ2) is 6.97. The second-order valence-corrected chi connectivity index (χ2v) is 9.85. The molecule has 1 aromatic carbocycles. The smallest absolute Gasteiger partial charge is 0.240 e. The largest absolute Gasteiger partial charge is 0.309 e. The average molecular weight is 377 g/mol. The molecular weight excluding hydrogens is 348 g/mol. The molecule has 4 rings (SSSR count). The van der Waals surface area contributed by atoms with E-state index in [2.05, 4.69) is 4.72 Å². The molecule has 1 aliphatic heterocycles. The summed E-state index contributed by atoms with van der Waals surface area (Å²) in [7, 11) is -3.51. The first-order valence-corrected chi connectivity index (χ1v) is 11.4. The van der Waals surface area contributed by atoms with E-state index in [9.17, 15) is 13.2 Å². The van der Waals surface area contributed by atoms with E-state index >= 15 is 0 Å². The van der Waals surface area contributed by atoms with Gasteiger partial charge in [0.2, 0.25) is 15.9 Å². The first-order valence-electron chi connectivity index (χ1n) is 9.94. The van der Waals surface area contributed by atoms with E-state index in [0.29, 0.717) is 4.90 Å². The summed E-state index contributed by atoms with van der Waals surface area (Å²) < 4.78 is 28.6. The molecule has 1 aromatic rings. The van der Waals surface area contributed by atoms with E-state index in [-0.39, 0.29) is 23.9 Å². The number of benzene rings is 1. The van der Waals surface area contributed by atoms with Crippen molar-refractivity contribution < 1.29 is 13.2 Å². The van der Waals surface area contributed by atoms with E-state index in [1.165, 1.54) is 12.8 Å². The average Bonchev–Trinajstić information content (AvgIpc) is 3.40. The van der Waals surface area contributed by atoms with Crippen LogP contribution in [-0.4, -0.2) is 26.4 Å². The van der Waals surface area contributed by atoms with Gasteiger partial charge in [0, 0.05) is 23.7 Å². The highest BCUT2D eigenvalue weighted by molar-refractivity contribution is 7.89. The van der Waals surface area contributed by atoms with Crippen molar-refractivity contribution in [2.24, 2.45) is 5.92 Å². The predicted molar refractivity (Wildman–Crippen MR) is 102 cm³/mol. The molecule has 1 amide bonds. The molecule has 2 aliphatic carbocycles. The quantitative estimate of drug-likeness (QED) is 0.819. The molecule has 1 N–H and O–H groups in total. The Hall–Kier alpha value is -1.40. The van der Waals surface area contributed by atoms with Crippen LogP contribution >= 0.6 is 0 Å². The summed E-state index contributed by atoms with van der Waals surface area (Å²) in [5.41, 5.74) is 1.86. The van der Waals surface area contributed by atoms with Gasteiger partial charge < -0.3 is 4.90 Å². The lowest BCUT2D eigenvalue weighted by molar-refractivity contribution is -0.120. The summed E-state index contributed by atoms with van der Waals surface area (Å²) in [6.07, 6.45) is 9.10. The SMILES string of the molecule is C[C@@H]1Cc2cc(S(=O)(=O)NC3CCCCCC3)ccc2N1C(=O)C1CC1. The number of carbonyl (C=O) groups excluding carboxylic acids is 1. The Morgan fingerprint density at radius 1 is 1.08 bits per heavy atom. The molecule has 0 bridgehead atoms. The molecule has 0 aromatic heterocycles. The minimum Gasteiger partial charge on any atom is -0.309 e. The number of hydrogen-bond donors (Lipinski definition) is 1. The normalized spacial score (nSPS) is 24.3. The van der Waals surface area contributed by atoms with E-state index < -0.39 is 10.0 Å². The van der Waals surface area contributed by atoms with Crippen LogP contribution in [0.15, 0.2) is 23.1 Å². The van der Waals surface area contributed by atoms with Crippen LogP contribution in [0, 0.1) is 5.92 Å². The fourth-order valence-corrected chi connectivity index (χ4v) is 5.68. The lowest BCUT2D eigenvalue weighted by atomic mass is 10.1. The highest BCUT2D eigenvalue weighted by atomic mass is 32.2. The third kappa shape index (κ3) is 3.54. The van der Waals surface area contributed by atoms with Crippen LogP contribution in [0.2, 0.25) is 0 Å². The predicted octanol–water partition coefficient (Wildman–Crippen LogP) is 3.38. The number of rotatable bonds is 4. The van der Waals surface area contributed by atoms with Crippen molar-refractivity contribution >= 4 is 21.6 Å². The molecule has 0 saturated heterocycles. The molecule has 26 heavy (non-hydrogen) atoms. The maximum Gasteiger partial charge on any atom is 0.240 e. The Kier molecular flexibility index (Phi) is 4.82. The number of nitrogens with one attached hydrogen (secondary N) is 1. The van der Waals surface area contributed by atoms with Gasteiger partial charge in [0.05, 0.1) is 4.90 Å². The van der Waals surface area contributed by atoms with Crippen molar-refractivity contribution in [3.63, 3.8) is 0 Å². The maximum absolute atomic E-state index is 12.8. The Labute approximate surface area is 156 Å². The number of nitrogens with zero attached hydrogens (tertiary/aromatic N) is 1. The van der Waals surface area contributed by atoms with Crippen LogP contribution in [0.4, 0.5) is 5.69 Å². The van der Waals surface area contributed by atoms with Crippen molar-refractivity contribution in [2.75, 3.05) is 4.90 Å². The van der Waals surface area contributed by atoms with Crippen molar-refractivity contribution in [2.45, 2.75) is 81.7 Å². The Bertz CT molecular complexity index is 793. The van der Waals surface area contributed by atoms with Gasteiger partial charge in [0.1, 0.15) is 0 Å². The molecule has 1 atom stereocenters. The third-order valence-electron chi connectivity index (χ3n) is 5.92. The summed E-state index contributed by atoms with van der Waals surface area (Å²) in [6.45, 7) is 2.04. The monoisotopic (exact) mass is 376 g/mol. The molecular formula is C20H28N2O3S. The lowest BCUT2D eigenvalue weighted by Crippen LogP contribution is -2.36. The number of hydrogen-bond acceptors (Lipinski definition) is 3. The number of sulfonamides is 1. The fourth-order valence-electron chi connectivity index (χ4n) is 4.32. The van der Waals surface area contributed by atoms with E-state index in [0.717, 1.165) is 56.2 Å². The number of fused-ring (bicyclic) bond motifs is 1. The Balaban J connectivity index is 1.55. The van der Waals surface area contributed by atoms with Gasteiger partial charge in [0.15, 0.2) is 0 Å². The first-order chi connectivity index (χ1) is 12.5. The summed E-state index contributed by atoms with van der Waals surface area (Å²) >= 11 is 0. The van der Waals surface area contributed by atoms with E-state index in [1.54, 1.807) is 12.1 Å². The van der Waals surface area contributed by atoms with E-state index in [4.69, 9.17) is 0 Å². The van der Waals surface area contributed by atoms with Crippen molar-refractivity contribution in [1.29, 1.82) is 0 Å². The van der Waals surface area contributed by atoms with Crippen LogP contribution in [0.25, 0.3) is 0 Å². The first kappa shape index (κ1) is 18.0. The van der Waals surface area contributed by atoms with E-state index in [1.807, 2.05) is 17.9 Å². The zero-order valence-corrected chi connectivity index (χ0v) is 16.2. The molecule has 2 fully saturated rings. The summed E-state index contributed by atoms with van der Waals surface area (Å²) in [5.74, 6) is 0.368. The van der Waals surface area contributed by atoms with Gasteiger partial charge >= 0.3 is 0 Å². The summed E-state index contributed by atoms with van der Waals surface area (Å²) in [5, 5.41) is 0. The number of amides is 1. The van der Waals surface area contributed by atoms with Crippen LogP contribution in [0.1, 0.15) is 63.9 Å². The summed E-state index contributed by atoms with van der Waals surface area (Å²) in [6, 6.07) is 5.39. The van der Waals surface area contributed by atoms with Gasteiger partial charge in [-0.05, 0) is 62.8 Å². The molecule has 142 valence electrons. The van der Waals surface area contributed by atoms with Gasteiger partial charge in [-0.25, -0.2) is 13.1 Å². The van der Waals surface area contributed by atoms with Crippen molar-refractivity contribution in [3.8, 4) is 0 Å². The highest BCUT2D eigenvalue weighted by Crippen LogP contribution is 2.39. The van der Waals surface area contributed by atoms with Crippen molar-refractivity contribution in [1.82, 2.24) is 4.72 Å². The third-order valence-corrected chi connectivity index (χ3v) is 7.44. The topological polar surface area (TPSA) is 66.5 Å². The van der Waals surface area contributed by atoms with Gasteiger partial charge in [-0.2, -0.15) is 0 Å². The fraction of sp³-hybridized carbons (Fsp3) is 0.650. The molecule has 0 unspecified atom stereocenters. The Morgan fingerprint density at radius 3 is 2.42 bits per heavy atom. The van der Waals surface area contributed by atoms with Gasteiger partial charge in [-0.15, -0.1) is 0 Å². The Morgan fingerprint density at radius 2 is 1.77 bits per heavy atom. The zero-order valence-electron chi connectivity index (χ0n) is 15.4. The molecule has 1 heterocycles. The number of anilines is 1. The molecule has 6 heteroatoms. The standard InChI is InChI=1S/C20H28N2O3S/c1-14-12-16-13-18(10-11-19(16)22(14)20(23)15-8-9-15)26(24,25)21-17-6-4-2-3-5-7-17/h10-11,13-15,17,21H,2-9,12H2,1H3/t14-/m1/s1. The van der Waals surface area contributed by atoms with Gasteiger partial charge in [0.25, 0.3) is 0 Å². The van der Waals surface area contributed by atoms with Crippen LogP contribution < -0.4 is 9.62 Å². The molecule has 0 radical (unpaired) electrons. The molecule has 2 saturated carbocycles. The highest BCUT2D eigenvalue weighted by Gasteiger charge is 2.39. The molecule has 3 aliphatic rings. The maximum atomic E-state index is 12.8. The van der Waals surface area contributed by atoms with Gasteiger partial charge in [-0.1, -0.05) is 25.7 Å². The van der Waals surface area contributed by atoms with Crippen molar-refractivity contribution in [3.05, 3.63) is 23.8 Å². The lowest BCUT2D eigenvalue weighted by Gasteiger charge is -2.22. The van der Waals surface area contributed by atoms with Crippen LogP contribution in [0.3, 0.4) is 0 Å². The van der Waals surface area contributed by atoms with Crippen LogP contribution in [0.5, 0.6) is 0 Å². The van der Waals surface area contributed by atoms with Gasteiger partial charge in [-0.3, -0.25) is 4.79 Å². The zero-order chi connectivity index (χ0) is 18.3. The van der Waals surface area contributed by atoms with Crippen LogP contribution in [-0.2, 0) is 21.2 Å². The summed E-state index contributed by atoms with van der Waals surface area (Å²) in [4.78, 5) is 14.8. The number of carbonyl (C=O) groups is 1.